The van der Waals surface area contributed by atoms with E-state index in [1.165, 1.54) is 24.3 Å². The van der Waals surface area contributed by atoms with Crippen LogP contribution in [0, 0.1) is 10.7 Å². The Morgan fingerprint density at radius 3 is 2.50 bits per heavy atom. The molecule has 0 spiro atoms. The molecule has 2 aromatic carbocycles. The van der Waals surface area contributed by atoms with Crippen LogP contribution in [0.3, 0.4) is 0 Å². The van der Waals surface area contributed by atoms with Crippen LogP contribution in [0.15, 0.2) is 52.3 Å². The molecule has 0 bridgehead atoms. The number of rotatable bonds is 5. The first-order valence-electron chi connectivity index (χ1n) is 6.43. The molecule has 114 valence electrons. The van der Waals surface area contributed by atoms with Crippen LogP contribution in [0.5, 0.6) is 0 Å². The molecule has 0 aliphatic carbocycles. The molecule has 0 unspecified atom stereocenters. The largest absolute Gasteiger partial charge is 0.279 e. The van der Waals surface area contributed by atoms with E-state index in [2.05, 4.69) is 4.72 Å². The standard InChI is InChI=1S/C15H13ClN2O2S2/c1-2-11-9-13(21-10-17)5-8-15(11)18-22(19,20)14-6-3-12(16)4-7-14/h3-9,18H,2H2,1H3. The van der Waals surface area contributed by atoms with Crippen molar-refractivity contribution in [2.45, 2.75) is 23.1 Å². The average molecular weight is 353 g/mol. The number of anilines is 1. The summed E-state index contributed by atoms with van der Waals surface area (Å²) in [7, 11) is -3.67. The molecule has 0 saturated heterocycles. The second-order valence-electron chi connectivity index (χ2n) is 4.43. The van der Waals surface area contributed by atoms with Gasteiger partial charge in [0.25, 0.3) is 10.0 Å². The van der Waals surface area contributed by atoms with Crippen molar-refractivity contribution in [1.82, 2.24) is 0 Å². The summed E-state index contributed by atoms with van der Waals surface area (Å²) in [6.07, 6.45) is 0.651. The second kappa shape index (κ2) is 7.05. The van der Waals surface area contributed by atoms with E-state index in [4.69, 9.17) is 16.9 Å². The van der Waals surface area contributed by atoms with Crippen LogP contribution in [0.1, 0.15) is 12.5 Å². The molecule has 0 radical (unpaired) electrons. The third kappa shape index (κ3) is 3.95. The predicted molar refractivity (Wildman–Crippen MR) is 89.6 cm³/mol. The quantitative estimate of drug-likeness (QED) is 0.644. The Morgan fingerprint density at radius 2 is 1.91 bits per heavy atom. The zero-order chi connectivity index (χ0) is 16.2. The van der Waals surface area contributed by atoms with Crippen LogP contribution in [0.4, 0.5) is 5.69 Å². The molecule has 0 atom stereocenters. The first kappa shape index (κ1) is 16.7. The first-order valence-corrected chi connectivity index (χ1v) is 9.11. The van der Waals surface area contributed by atoms with Gasteiger partial charge in [0.15, 0.2) is 0 Å². The molecule has 0 saturated carbocycles. The number of sulfonamides is 1. The van der Waals surface area contributed by atoms with Gasteiger partial charge in [-0.25, -0.2) is 8.42 Å². The van der Waals surface area contributed by atoms with Gasteiger partial charge in [-0.3, -0.25) is 4.72 Å². The van der Waals surface area contributed by atoms with E-state index in [9.17, 15) is 8.42 Å². The Morgan fingerprint density at radius 1 is 1.23 bits per heavy atom. The number of nitrogens with zero attached hydrogens (tertiary/aromatic N) is 1. The summed E-state index contributed by atoms with van der Waals surface area (Å²) in [6.45, 7) is 1.93. The minimum Gasteiger partial charge on any atom is -0.279 e. The molecule has 0 heterocycles. The van der Waals surface area contributed by atoms with Gasteiger partial charge in [0.2, 0.25) is 0 Å². The number of thioether (sulfide) groups is 1. The van der Waals surface area contributed by atoms with E-state index in [0.717, 1.165) is 22.2 Å². The van der Waals surface area contributed by atoms with Crippen molar-refractivity contribution in [1.29, 1.82) is 5.26 Å². The average Bonchev–Trinajstić information content (AvgIpc) is 2.49. The lowest BCUT2D eigenvalue weighted by Gasteiger charge is -2.12. The van der Waals surface area contributed by atoms with E-state index in [-0.39, 0.29) is 4.90 Å². The summed E-state index contributed by atoms with van der Waals surface area (Å²) in [5.41, 5.74) is 1.34. The van der Waals surface area contributed by atoms with Crippen molar-refractivity contribution in [3.05, 3.63) is 53.1 Å². The highest BCUT2D eigenvalue weighted by molar-refractivity contribution is 8.03. The summed E-state index contributed by atoms with van der Waals surface area (Å²) in [5.74, 6) is 0. The predicted octanol–water partition coefficient (Wildman–Crippen LogP) is 4.28. The molecule has 1 N–H and O–H groups in total. The third-order valence-corrected chi connectivity index (χ3v) is 5.20. The highest BCUT2D eigenvalue weighted by atomic mass is 35.5. The Bertz CT molecular complexity index is 812. The smallest absolute Gasteiger partial charge is 0.261 e. The molecule has 7 heteroatoms. The minimum absolute atomic E-state index is 0.148. The monoisotopic (exact) mass is 352 g/mol. The minimum atomic E-state index is -3.67. The molecule has 4 nitrogen and oxygen atoms in total. The van der Waals surface area contributed by atoms with Gasteiger partial charge in [-0.15, -0.1) is 0 Å². The summed E-state index contributed by atoms with van der Waals surface area (Å²) in [4.78, 5) is 0.934. The van der Waals surface area contributed by atoms with Gasteiger partial charge in [0.1, 0.15) is 5.40 Å². The molecule has 2 rings (SSSR count). The molecule has 0 aliphatic heterocycles. The maximum atomic E-state index is 12.4. The van der Waals surface area contributed by atoms with Crippen LogP contribution in [-0.4, -0.2) is 8.42 Å². The number of hydrogen-bond donors (Lipinski definition) is 1. The normalized spacial score (nSPS) is 11.0. The topological polar surface area (TPSA) is 70.0 Å². The molecule has 0 aliphatic rings. The van der Waals surface area contributed by atoms with Gasteiger partial charge in [-0.05, 0) is 66.2 Å². The number of nitriles is 1. The van der Waals surface area contributed by atoms with Gasteiger partial charge in [0.05, 0.1) is 10.6 Å². The van der Waals surface area contributed by atoms with Gasteiger partial charge in [-0.1, -0.05) is 18.5 Å². The maximum absolute atomic E-state index is 12.4. The van der Waals surface area contributed by atoms with Gasteiger partial charge < -0.3 is 0 Å². The van der Waals surface area contributed by atoms with Gasteiger partial charge >= 0.3 is 0 Å². The second-order valence-corrected chi connectivity index (χ2v) is 7.40. The Balaban J connectivity index is 2.33. The van der Waals surface area contributed by atoms with E-state index < -0.39 is 10.0 Å². The molecular weight excluding hydrogens is 340 g/mol. The fraction of sp³-hybridized carbons (Fsp3) is 0.133. The molecular formula is C15H13ClN2O2S2. The van der Waals surface area contributed by atoms with Gasteiger partial charge in [0, 0.05) is 9.92 Å². The van der Waals surface area contributed by atoms with Crippen molar-refractivity contribution in [2.24, 2.45) is 0 Å². The van der Waals surface area contributed by atoms with Crippen molar-refractivity contribution in [2.75, 3.05) is 4.72 Å². The van der Waals surface area contributed by atoms with Crippen LogP contribution in [0.25, 0.3) is 0 Å². The lowest BCUT2D eigenvalue weighted by atomic mass is 10.1. The fourth-order valence-electron chi connectivity index (χ4n) is 1.90. The first-order chi connectivity index (χ1) is 10.5. The van der Waals surface area contributed by atoms with Crippen LogP contribution in [-0.2, 0) is 16.4 Å². The number of nitrogens with one attached hydrogen (secondary N) is 1. The molecule has 0 fully saturated rings. The molecule has 22 heavy (non-hydrogen) atoms. The van der Waals surface area contributed by atoms with E-state index >= 15 is 0 Å². The van der Waals surface area contributed by atoms with Crippen molar-refractivity contribution in [3.8, 4) is 5.40 Å². The zero-order valence-corrected chi connectivity index (χ0v) is 14.1. The summed E-state index contributed by atoms with van der Waals surface area (Å²) in [5, 5.41) is 11.2. The highest BCUT2D eigenvalue weighted by Crippen LogP contribution is 2.26. The van der Waals surface area contributed by atoms with E-state index in [0.29, 0.717) is 17.1 Å². The molecule has 2 aromatic rings. The number of aryl methyl sites for hydroxylation is 1. The fourth-order valence-corrected chi connectivity index (χ4v) is 3.57. The molecule has 0 aromatic heterocycles. The van der Waals surface area contributed by atoms with E-state index in [1.54, 1.807) is 12.1 Å². The highest BCUT2D eigenvalue weighted by Gasteiger charge is 2.16. The van der Waals surface area contributed by atoms with Crippen LogP contribution >= 0.6 is 23.4 Å². The Hall–Kier alpha value is -1.68. The number of thiocyanates is 1. The third-order valence-electron chi connectivity index (χ3n) is 2.99. The Kier molecular flexibility index (Phi) is 5.35. The maximum Gasteiger partial charge on any atom is 0.261 e. The molecule has 0 amide bonds. The van der Waals surface area contributed by atoms with Gasteiger partial charge in [-0.2, -0.15) is 5.26 Å². The zero-order valence-electron chi connectivity index (χ0n) is 11.7. The number of benzene rings is 2. The number of hydrogen-bond acceptors (Lipinski definition) is 4. The summed E-state index contributed by atoms with van der Waals surface area (Å²) >= 11 is 6.82. The van der Waals surface area contributed by atoms with Crippen molar-refractivity contribution in [3.63, 3.8) is 0 Å². The number of halogens is 1. The van der Waals surface area contributed by atoms with E-state index in [1.807, 2.05) is 18.4 Å². The summed E-state index contributed by atoms with van der Waals surface area (Å²) < 4.78 is 27.3. The van der Waals surface area contributed by atoms with Crippen molar-refractivity contribution < 1.29 is 8.42 Å². The SMILES string of the molecule is CCc1cc(SC#N)ccc1NS(=O)(=O)c1ccc(Cl)cc1. The lowest BCUT2D eigenvalue weighted by Crippen LogP contribution is -2.14. The van der Waals surface area contributed by atoms with Crippen molar-refractivity contribution >= 4 is 39.1 Å². The lowest BCUT2D eigenvalue weighted by molar-refractivity contribution is 0.601. The summed E-state index contributed by atoms with van der Waals surface area (Å²) in [6, 6.07) is 11.2. The van der Waals surface area contributed by atoms with Crippen LogP contribution in [0.2, 0.25) is 5.02 Å². The Labute approximate surface area is 139 Å². The van der Waals surface area contributed by atoms with Crippen LogP contribution < -0.4 is 4.72 Å².